The number of halogens is 3. The van der Waals surface area contributed by atoms with Crippen molar-refractivity contribution in [2.24, 2.45) is 0 Å². The summed E-state index contributed by atoms with van der Waals surface area (Å²) < 4.78 is 35.9. The number of carbonyl (C=O) groups excluding carboxylic acids is 3. The van der Waals surface area contributed by atoms with Crippen LogP contribution in [0.3, 0.4) is 0 Å². The Kier molecular flexibility index (Phi) is 3.83. The highest BCUT2D eigenvalue weighted by molar-refractivity contribution is 6.12. The van der Waals surface area contributed by atoms with E-state index in [9.17, 15) is 27.6 Å². The molecule has 21 heavy (non-hydrogen) atoms. The summed E-state index contributed by atoms with van der Waals surface area (Å²) in [5.41, 5.74) is 0.389. The van der Waals surface area contributed by atoms with Gasteiger partial charge in [0.15, 0.2) is 0 Å². The van der Waals surface area contributed by atoms with Crippen LogP contribution in [0.5, 0.6) is 0 Å². The first kappa shape index (κ1) is 14.8. The van der Waals surface area contributed by atoms with Crippen molar-refractivity contribution in [1.29, 1.82) is 0 Å². The predicted molar refractivity (Wildman–Crippen MR) is 65.7 cm³/mol. The molecule has 0 aliphatic carbocycles. The highest BCUT2D eigenvalue weighted by atomic mass is 19.4. The van der Waals surface area contributed by atoms with Crippen molar-refractivity contribution in [3.63, 3.8) is 0 Å². The van der Waals surface area contributed by atoms with Gasteiger partial charge in [0.2, 0.25) is 5.91 Å². The van der Waals surface area contributed by atoms with Crippen LogP contribution in [0.4, 0.5) is 23.7 Å². The van der Waals surface area contributed by atoms with Gasteiger partial charge in [-0.25, -0.2) is 4.79 Å². The van der Waals surface area contributed by atoms with Gasteiger partial charge in [0.05, 0.1) is 0 Å². The molecule has 112 valence electrons. The Morgan fingerprint density at radius 1 is 1.24 bits per heavy atom. The molecule has 1 aromatic carbocycles. The van der Waals surface area contributed by atoms with Crippen LogP contribution in [0.15, 0.2) is 24.3 Å². The maximum Gasteiger partial charge on any atom is 0.405 e. The van der Waals surface area contributed by atoms with E-state index in [0.29, 0.717) is 5.69 Å². The average molecular weight is 301 g/mol. The van der Waals surface area contributed by atoms with Gasteiger partial charge in [-0.1, -0.05) is 0 Å². The van der Waals surface area contributed by atoms with E-state index >= 15 is 0 Å². The highest BCUT2D eigenvalue weighted by Crippen LogP contribution is 2.18. The SMILES string of the molecule is O=C1CN(c2ccc(C(=O)NCC(F)(F)F)cc2)C(=O)N1. The normalized spacial score (nSPS) is 15.1. The van der Waals surface area contributed by atoms with Crippen LogP contribution in [0.2, 0.25) is 0 Å². The van der Waals surface area contributed by atoms with Crippen LogP contribution in [-0.4, -0.2) is 37.1 Å². The number of alkyl halides is 3. The molecular weight excluding hydrogens is 291 g/mol. The van der Waals surface area contributed by atoms with Crippen LogP contribution >= 0.6 is 0 Å². The van der Waals surface area contributed by atoms with Crippen molar-refractivity contribution < 1.29 is 27.6 Å². The minimum absolute atomic E-state index is 0.0222. The summed E-state index contributed by atoms with van der Waals surface area (Å²) in [7, 11) is 0. The molecule has 1 heterocycles. The standard InChI is InChI=1S/C12H10F3N3O3/c13-12(14,15)6-16-10(20)7-1-3-8(4-2-7)18-5-9(19)17-11(18)21/h1-4H,5-6H2,(H,16,20)(H,17,19,21). The minimum Gasteiger partial charge on any atom is -0.343 e. The van der Waals surface area contributed by atoms with E-state index in [1.165, 1.54) is 24.3 Å². The lowest BCUT2D eigenvalue weighted by atomic mass is 10.2. The number of nitrogens with one attached hydrogen (secondary N) is 2. The van der Waals surface area contributed by atoms with Crippen molar-refractivity contribution in [2.45, 2.75) is 6.18 Å². The zero-order valence-corrected chi connectivity index (χ0v) is 10.5. The number of hydrogen-bond acceptors (Lipinski definition) is 3. The van der Waals surface area contributed by atoms with Crippen molar-refractivity contribution in [3.05, 3.63) is 29.8 Å². The molecule has 0 spiro atoms. The maximum absolute atomic E-state index is 12.0. The topological polar surface area (TPSA) is 78.5 Å². The third-order valence-corrected chi connectivity index (χ3v) is 2.68. The number of anilines is 1. The van der Waals surface area contributed by atoms with Gasteiger partial charge in [0, 0.05) is 11.3 Å². The average Bonchev–Trinajstić information content (AvgIpc) is 2.74. The Morgan fingerprint density at radius 2 is 1.86 bits per heavy atom. The fourth-order valence-corrected chi connectivity index (χ4v) is 1.73. The lowest BCUT2D eigenvalue weighted by molar-refractivity contribution is -0.123. The predicted octanol–water partition coefficient (Wildman–Crippen LogP) is 1.03. The van der Waals surface area contributed by atoms with Gasteiger partial charge in [0.25, 0.3) is 5.91 Å². The molecule has 1 saturated heterocycles. The molecule has 6 nitrogen and oxygen atoms in total. The third-order valence-electron chi connectivity index (χ3n) is 2.68. The number of amides is 4. The number of benzene rings is 1. The van der Waals surface area contributed by atoms with Crippen LogP contribution in [0, 0.1) is 0 Å². The summed E-state index contributed by atoms with van der Waals surface area (Å²) in [6.45, 7) is -1.56. The van der Waals surface area contributed by atoms with Gasteiger partial charge in [-0.15, -0.1) is 0 Å². The molecule has 4 amide bonds. The first-order valence-corrected chi connectivity index (χ1v) is 5.82. The summed E-state index contributed by atoms with van der Waals surface area (Å²) in [5.74, 6) is -1.33. The van der Waals surface area contributed by atoms with Gasteiger partial charge in [-0.3, -0.25) is 19.8 Å². The van der Waals surface area contributed by atoms with Gasteiger partial charge in [-0.05, 0) is 24.3 Å². The smallest absolute Gasteiger partial charge is 0.343 e. The number of urea groups is 1. The Labute approximate surface area is 116 Å². The molecular formula is C12H10F3N3O3. The molecule has 2 rings (SSSR count). The van der Waals surface area contributed by atoms with E-state index in [2.05, 4.69) is 5.32 Å². The molecule has 0 unspecified atom stereocenters. The van der Waals surface area contributed by atoms with Gasteiger partial charge < -0.3 is 5.32 Å². The summed E-state index contributed by atoms with van der Waals surface area (Å²) in [6.07, 6.45) is -4.48. The van der Waals surface area contributed by atoms with Crippen molar-refractivity contribution in [3.8, 4) is 0 Å². The van der Waals surface area contributed by atoms with Crippen LogP contribution in [0.1, 0.15) is 10.4 Å². The molecule has 0 aromatic heterocycles. The second kappa shape index (κ2) is 5.43. The van der Waals surface area contributed by atoms with Gasteiger partial charge >= 0.3 is 12.2 Å². The Hall–Kier alpha value is -2.58. The molecule has 0 bridgehead atoms. The van der Waals surface area contributed by atoms with E-state index < -0.39 is 30.6 Å². The molecule has 1 fully saturated rings. The molecule has 1 aromatic rings. The lowest BCUT2D eigenvalue weighted by Gasteiger charge is -2.13. The zero-order chi connectivity index (χ0) is 15.6. The van der Waals surface area contributed by atoms with E-state index in [1.807, 2.05) is 0 Å². The minimum atomic E-state index is -4.48. The monoisotopic (exact) mass is 301 g/mol. The molecule has 9 heteroatoms. The van der Waals surface area contributed by atoms with Crippen molar-refractivity contribution in [1.82, 2.24) is 10.6 Å². The number of nitrogens with zero attached hydrogens (tertiary/aromatic N) is 1. The quantitative estimate of drug-likeness (QED) is 0.819. The van der Waals surface area contributed by atoms with E-state index in [4.69, 9.17) is 0 Å². The highest BCUT2D eigenvalue weighted by Gasteiger charge is 2.29. The van der Waals surface area contributed by atoms with E-state index in [1.54, 1.807) is 5.32 Å². The Balaban J connectivity index is 2.04. The first-order chi connectivity index (χ1) is 9.76. The largest absolute Gasteiger partial charge is 0.405 e. The summed E-state index contributed by atoms with van der Waals surface area (Å²) in [6, 6.07) is 4.71. The zero-order valence-electron chi connectivity index (χ0n) is 10.5. The summed E-state index contributed by atoms with van der Waals surface area (Å²) in [5, 5.41) is 3.82. The van der Waals surface area contributed by atoms with Crippen LogP contribution in [0.25, 0.3) is 0 Å². The molecule has 1 aliphatic rings. The number of carbonyl (C=O) groups is 3. The Bertz CT molecular complexity index is 584. The third kappa shape index (κ3) is 3.71. The number of hydrogen-bond donors (Lipinski definition) is 2. The lowest BCUT2D eigenvalue weighted by Crippen LogP contribution is -2.33. The second-order valence-corrected chi connectivity index (χ2v) is 4.28. The fraction of sp³-hybridized carbons (Fsp3) is 0.250. The molecule has 0 saturated carbocycles. The summed E-state index contributed by atoms with van der Waals surface area (Å²) in [4.78, 5) is 35.1. The second-order valence-electron chi connectivity index (χ2n) is 4.28. The summed E-state index contributed by atoms with van der Waals surface area (Å²) >= 11 is 0. The van der Waals surface area contributed by atoms with E-state index in [-0.39, 0.29) is 12.1 Å². The molecule has 0 radical (unpaired) electrons. The maximum atomic E-state index is 12.0. The molecule has 1 aliphatic heterocycles. The fourth-order valence-electron chi connectivity index (χ4n) is 1.73. The van der Waals surface area contributed by atoms with E-state index in [0.717, 1.165) is 4.90 Å². The Morgan fingerprint density at radius 3 is 2.33 bits per heavy atom. The number of rotatable bonds is 3. The van der Waals surface area contributed by atoms with Gasteiger partial charge in [0.1, 0.15) is 13.1 Å². The van der Waals surface area contributed by atoms with Crippen molar-refractivity contribution >= 4 is 23.5 Å². The van der Waals surface area contributed by atoms with Gasteiger partial charge in [-0.2, -0.15) is 13.2 Å². The van der Waals surface area contributed by atoms with Crippen molar-refractivity contribution in [2.75, 3.05) is 18.0 Å². The number of imide groups is 1. The first-order valence-electron chi connectivity index (χ1n) is 5.82. The molecule has 0 atom stereocenters. The van der Waals surface area contributed by atoms with Crippen LogP contribution < -0.4 is 15.5 Å². The molecule has 2 N–H and O–H groups in total. The van der Waals surface area contributed by atoms with Crippen LogP contribution in [-0.2, 0) is 4.79 Å².